The number of aromatic nitrogens is 1. The molecule has 0 radical (unpaired) electrons. The molecule has 2 heterocycles. The molecular weight excluding hydrogens is 298 g/mol. The van der Waals surface area contributed by atoms with Gasteiger partial charge in [-0.15, -0.1) is 0 Å². The van der Waals surface area contributed by atoms with Crippen LogP contribution in [0.1, 0.15) is 31.9 Å². The normalized spacial score (nSPS) is 20.6. The fourth-order valence-electron chi connectivity index (χ4n) is 3.62. The van der Waals surface area contributed by atoms with E-state index in [0.29, 0.717) is 0 Å². The topological polar surface area (TPSA) is 33.3 Å². The Morgan fingerprint density at radius 3 is 2.67 bits per heavy atom. The zero-order valence-corrected chi connectivity index (χ0v) is 14.8. The van der Waals surface area contributed by atoms with Crippen LogP contribution in [0.15, 0.2) is 37.0 Å². The molecule has 0 saturated heterocycles. The highest BCUT2D eigenvalue weighted by atomic mass is 16.5. The van der Waals surface area contributed by atoms with Crippen LogP contribution in [0.3, 0.4) is 0 Å². The highest BCUT2D eigenvalue weighted by molar-refractivity contribution is 5.81. The number of rotatable bonds is 3. The van der Waals surface area contributed by atoms with Gasteiger partial charge in [-0.05, 0) is 37.6 Å². The third kappa shape index (κ3) is 2.02. The number of hydrogen-bond acceptors (Lipinski definition) is 2. The van der Waals surface area contributed by atoms with E-state index in [2.05, 4.69) is 13.2 Å². The Kier molecular flexibility index (Phi) is 3.94. The number of methoxy groups -OCH3 is 1. The zero-order valence-electron chi connectivity index (χ0n) is 14.8. The number of allylic oxidation sites excluding steroid dienone is 1. The SMILES string of the molecule is C=C(C)c1cccc2c1-c1c(=C)/c(=C\C)cc[n+]1C2(O)[C@@H](C)OC. The summed E-state index contributed by atoms with van der Waals surface area (Å²) in [4.78, 5) is 0. The van der Waals surface area contributed by atoms with E-state index < -0.39 is 11.8 Å². The predicted octanol–water partition coefficient (Wildman–Crippen LogP) is 1.93. The summed E-state index contributed by atoms with van der Waals surface area (Å²) in [6.45, 7) is 14.2. The Balaban J connectivity index is 2.54. The molecule has 3 nitrogen and oxygen atoms in total. The molecular formula is C21H24NO2+. The Bertz CT molecular complexity index is 945. The van der Waals surface area contributed by atoms with Gasteiger partial charge in [-0.2, -0.15) is 4.57 Å². The van der Waals surface area contributed by atoms with Gasteiger partial charge in [-0.1, -0.05) is 36.9 Å². The van der Waals surface area contributed by atoms with Crippen molar-refractivity contribution in [3.05, 3.63) is 58.6 Å². The lowest BCUT2D eigenvalue weighted by molar-refractivity contribution is -0.789. The van der Waals surface area contributed by atoms with E-state index in [0.717, 1.165) is 38.4 Å². The van der Waals surface area contributed by atoms with Gasteiger partial charge in [-0.25, -0.2) is 0 Å². The summed E-state index contributed by atoms with van der Waals surface area (Å²) < 4.78 is 7.41. The Hall–Kier alpha value is -2.23. The van der Waals surface area contributed by atoms with Gasteiger partial charge in [-0.3, -0.25) is 0 Å². The maximum absolute atomic E-state index is 11.6. The zero-order chi connectivity index (χ0) is 17.6. The Labute approximate surface area is 142 Å². The third-order valence-corrected chi connectivity index (χ3v) is 5.03. The first-order chi connectivity index (χ1) is 11.4. The molecule has 1 aliphatic heterocycles. The molecule has 1 aromatic heterocycles. The van der Waals surface area contributed by atoms with Crippen LogP contribution >= 0.6 is 0 Å². The molecule has 124 valence electrons. The van der Waals surface area contributed by atoms with Crippen molar-refractivity contribution in [1.82, 2.24) is 0 Å². The summed E-state index contributed by atoms with van der Waals surface area (Å²) in [7, 11) is 1.61. The summed E-state index contributed by atoms with van der Waals surface area (Å²) >= 11 is 0. The minimum atomic E-state index is -1.27. The lowest BCUT2D eigenvalue weighted by Crippen LogP contribution is -2.63. The Morgan fingerprint density at radius 1 is 1.38 bits per heavy atom. The largest absolute Gasteiger partial charge is 0.371 e. The van der Waals surface area contributed by atoms with Crippen molar-refractivity contribution in [2.24, 2.45) is 0 Å². The van der Waals surface area contributed by atoms with Crippen molar-refractivity contribution in [2.45, 2.75) is 32.6 Å². The molecule has 0 spiro atoms. The molecule has 0 aliphatic carbocycles. The van der Waals surface area contributed by atoms with Gasteiger partial charge in [0, 0.05) is 18.4 Å². The molecule has 2 atom stereocenters. The van der Waals surface area contributed by atoms with Crippen molar-refractivity contribution < 1.29 is 14.4 Å². The predicted molar refractivity (Wildman–Crippen MR) is 97.5 cm³/mol. The molecule has 0 amide bonds. The van der Waals surface area contributed by atoms with Gasteiger partial charge >= 0.3 is 5.72 Å². The van der Waals surface area contributed by atoms with Crippen molar-refractivity contribution in [2.75, 3.05) is 7.11 Å². The highest BCUT2D eigenvalue weighted by Crippen LogP contribution is 2.40. The average molecular weight is 322 g/mol. The number of hydrogen-bond donors (Lipinski definition) is 1. The van der Waals surface area contributed by atoms with Gasteiger partial charge < -0.3 is 9.84 Å². The van der Waals surface area contributed by atoms with Crippen molar-refractivity contribution in [3.8, 4) is 11.3 Å². The molecule has 24 heavy (non-hydrogen) atoms. The minimum Gasteiger partial charge on any atom is -0.371 e. The maximum Gasteiger partial charge on any atom is 0.324 e. The van der Waals surface area contributed by atoms with Crippen molar-refractivity contribution in [3.63, 3.8) is 0 Å². The fraction of sp³-hybridized carbons (Fsp3) is 0.286. The smallest absolute Gasteiger partial charge is 0.324 e. The summed E-state index contributed by atoms with van der Waals surface area (Å²) in [5, 5.41) is 13.6. The number of fused-ring (bicyclic) bond motifs is 3. The minimum absolute atomic E-state index is 0.418. The molecule has 1 N–H and O–H groups in total. The van der Waals surface area contributed by atoms with Crippen LogP contribution in [0, 0.1) is 0 Å². The van der Waals surface area contributed by atoms with Gasteiger partial charge in [0.2, 0.25) is 5.69 Å². The molecule has 1 aliphatic rings. The number of pyridine rings is 1. The standard InChI is InChI=1S/C21H24NO2/c1-7-16-11-12-22-20(14(16)4)19-17(13(2)3)9-8-10-18(19)21(22,23)15(5)24-6/h7-12,15,23H,2,4H2,1,3,5-6H3/q+1/b16-7-/t15-,21?/m1/s1. The number of aliphatic hydroxyl groups is 1. The summed E-state index contributed by atoms with van der Waals surface area (Å²) in [5.41, 5.74) is 3.45. The monoisotopic (exact) mass is 322 g/mol. The molecule has 3 rings (SSSR count). The van der Waals surface area contributed by atoms with E-state index >= 15 is 0 Å². The van der Waals surface area contributed by atoms with E-state index in [1.165, 1.54) is 0 Å². The van der Waals surface area contributed by atoms with E-state index in [-0.39, 0.29) is 0 Å². The first-order valence-corrected chi connectivity index (χ1v) is 8.13. The van der Waals surface area contributed by atoms with Crippen LogP contribution in [-0.4, -0.2) is 18.3 Å². The molecule has 0 fully saturated rings. The second-order valence-electron chi connectivity index (χ2n) is 6.37. The molecule has 0 bridgehead atoms. The molecule has 3 heteroatoms. The number of ether oxygens (including phenoxy) is 1. The lowest BCUT2D eigenvalue weighted by atomic mass is 9.90. The summed E-state index contributed by atoms with van der Waals surface area (Å²) in [6.07, 6.45) is 3.53. The van der Waals surface area contributed by atoms with E-state index in [1.807, 2.05) is 61.9 Å². The van der Waals surface area contributed by atoms with Crippen molar-refractivity contribution >= 4 is 18.2 Å². The van der Waals surface area contributed by atoms with Gasteiger partial charge in [0.05, 0.1) is 11.1 Å². The number of nitrogens with zero attached hydrogens (tertiary/aromatic N) is 1. The quantitative estimate of drug-likeness (QED) is 0.876. The fourth-order valence-corrected chi connectivity index (χ4v) is 3.62. The van der Waals surface area contributed by atoms with E-state index in [9.17, 15) is 5.11 Å². The molecule has 1 aromatic carbocycles. The van der Waals surface area contributed by atoms with E-state index in [1.54, 1.807) is 7.11 Å². The molecule has 0 saturated carbocycles. The van der Waals surface area contributed by atoms with Crippen LogP contribution < -0.4 is 15.0 Å². The van der Waals surface area contributed by atoms with Gasteiger partial charge in [0.25, 0.3) is 0 Å². The first-order valence-electron chi connectivity index (χ1n) is 8.13. The summed E-state index contributed by atoms with van der Waals surface area (Å²) in [6, 6.07) is 7.93. The Morgan fingerprint density at radius 2 is 2.08 bits per heavy atom. The van der Waals surface area contributed by atoms with E-state index in [4.69, 9.17) is 4.74 Å². The molecule has 2 aromatic rings. The van der Waals surface area contributed by atoms with Crippen LogP contribution in [0.5, 0.6) is 0 Å². The average Bonchev–Trinajstić information content (AvgIpc) is 2.85. The van der Waals surface area contributed by atoms with Crippen LogP contribution in [0.2, 0.25) is 0 Å². The molecule has 1 unspecified atom stereocenters. The van der Waals surface area contributed by atoms with Gasteiger partial charge in [0.1, 0.15) is 0 Å². The van der Waals surface area contributed by atoms with Crippen LogP contribution in [0.25, 0.3) is 29.5 Å². The lowest BCUT2D eigenvalue weighted by Gasteiger charge is -2.24. The second kappa shape index (κ2) is 5.69. The van der Waals surface area contributed by atoms with Crippen molar-refractivity contribution in [1.29, 1.82) is 0 Å². The number of benzene rings is 1. The first kappa shape index (κ1) is 16.6. The van der Waals surface area contributed by atoms with Gasteiger partial charge in [0.15, 0.2) is 12.3 Å². The maximum atomic E-state index is 11.6. The second-order valence-corrected chi connectivity index (χ2v) is 6.37. The van der Waals surface area contributed by atoms with Crippen LogP contribution in [-0.2, 0) is 10.5 Å². The summed E-state index contributed by atoms with van der Waals surface area (Å²) in [5.74, 6) is 0. The highest BCUT2D eigenvalue weighted by Gasteiger charge is 2.55. The van der Waals surface area contributed by atoms with Crippen LogP contribution in [0.4, 0.5) is 0 Å². The third-order valence-electron chi connectivity index (χ3n) is 5.03.